The Bertz CT molecular complexity index is 1100. The lowest BCUT2D eigenvalue weighted by molar-refractivity contribution is -0.117. The molecular weight excluding hydrogens is 456 g/mol. The maximum Gasteiger partial charge on any atom is 0.255 e. The number of nitrogens with one attached hydrogen (secondary N) is 1. The number of benzene rings is 3. The highest BCUT2D eigenvalue weighted by molar-refractivity contribution is 9.10. The van der Waals surface area contributed by atoms with Crippen LogP contribution in [-0.2, 0) is 4.79 Å². The van der Waals surface area contributed by atoms with Crippen LogP contribution < -0.4 is 10.1 Å². The molecule has 31 heavy (non-hydrogen) atoms. The summed E-state index contributed by atoms with van der Waals surface area (Å²) in [5.74, 6) is 0.261. The minimum atomic E-state index is -0.410. The van der Waals surface area contributed by atoms with E-state index in [0.29, 0.717) is 17.0 Å². The number of hydrogen-bond acceptors (Lipinski definition) is 3. The Morgan fingerprint density at radius 2 is 1.77 bits per heavy atom. The highest BCUT2D eigenvalue weighted by Gasteiger charge is 2.34. The van der Waals surface area contributed by atoms with E-state index < -0.39 is 6.04 Å². The smallest absolute Gasteiger partial charge is 0.255 e. The van der Waals surface area contributed by atoms with Gasteiger partial charge in [-0.1, -0.05) is 46.3 Å². The van der Waals surface area contributed by atoms with Crippen molar-refractivity contribution in [2.45, 2.75) is 26.0 Å². The van der Waals surface area contributed by atoms with Gasteiger partial charge in [-0.25, -0.2) is 0 Å². The number of anilines is 1. The largest absolute Gasteiger partial charge is 0.491 e. The van der Waals surface area contributed by atoms with Gasteiger partial charge in [0.25, 0.3) is 5.91 Å². The van der Waals surface area contributed by atoms with E-state index in [-0.39, 0.29) is 24.5 Å². The molecule has 0 bridgehead atoms. The van der Waals surface area contributed by atoms with Crippen LogP contribution in [0, 0.1) is 0 Å². The molecule has 0 aliphatic carbocycles. The van der Waals surface area contributed by atoms with Crippen molar-refractivity contribution in [2.75, 3.05) is 11.9 Å². The van der Waals surface area contributed by atoms with E-state index in [9.17, 15) is 9.59 Å². The molecule has 0 saturated carbocycles. The fourth-order valence-electron chi connectivity index (χ4n) is 3.78. The van der Waals surface area contributed by atoms with Crippen molar-refractivity contribution in [3.8, 4) is 5.75 Å². The van der Waals surface area contributed by atoms with Crippen LogP contribution in [0.2, 0.25) is 0 Å². The standard InChI is InChI=1S/C25H23BrN2O3/c1-16(2)31-20-11-8-18(9-12-20)25(30)28-15-23(29)27-22-13-10-19(26)14-21(22)24(28)17-6-4-3-5-7-17/h3-14,16,24H,15H2,1-2H3,(H,27,29). The molecule has 4 rings (SSSR count). The lowest BCUT2D eigenvalue weighted by Crippen LogP contribution is -2.39. The summed E-state index contributed by atoms with van der Waals surface area (Å²) in [4.78, 5) is 27.9. The number of halogens is 1. The SMILES string of the molecule is CC(C)Oc1ccc(C(=O)N2CC(=O)Nc3ccc(Br)cc3C2c2ccccc2)cc1. The molecular formula is C25H23BrN2O3. The molecule has 3 aromatic rings. The number of fused-ring (bicyclic) bond motifs is 1. The van der Waals surface area contributed by atoms with E-state index in [4.69, 9.17) is 4.74 Å². The van der Waals surface area contributed by atoms with Crippen LogP contribution in [0.15, 0.2) is 77.3 Å². The van der Waals surface area contributed by atoms with Gasteiger partial charge in [-0.2, -0.15) is 0 Å². The van der Waals surface area contributed by atoms with E-state index in [1.165, 1.54) is 0 Å². The molecule has 5 nitrogen and oxygen atoms in total. The van der Waals surface area contributed by atoms with Gasteiger partial charge in [0.05, 0.1) is 12.1 Å². The van der Waals surface area contributed by atoms with Crippen molar-refractivity contribution in [1.29, 1.82) is 0 Å². The number of rotatable bonds is 4. The molecule has 0 spiro atoms. The van der Waals surface area contributed by atoms with Crippen LogP contribution in [0.25, 0.3) is 0 Å². The molecule has 158 valence electrons. The number of nitrogens with zero attached hydrogens (tertiary/aromatic N) is 1. The van der Waals surface area contributed by atoms with E-state index in [1.807, 2.05) is 62.4 Å². The van der Waals surface area contributed by atoms with Gasteiger partial charge >= 0.3 is 0 Å². The minimum Gasteiger partial charge on any atom is -0.491 e. The van der Waals surface area contributed by atoms with Crippen molar-refractivity contribution >= 4 is 33.4 Å². The number of hydrogen-bond donors (Lipinski definition) is 1. The predicted octanol–water partition coefficient (Wildman–Crippen LogP) is 5.42. The van der Waals surface area contributed by atoms with E-state index >= 15 is 0 Å². The summed E-state index contributed by atoms with van der Waals surface area (Å²) in [6.07, 6.45) is 0.0493. The summed E-state index contributed by atoms with van der Waals surface area (Å²) in [5.41, 5.74) is 3.01. The molecule has 1 aliphatic heterocycles. The maximum atomic E-state index is 13.6. The number of carbonyl (C=O) groups is 2. The quantitative estimate of drug-likeness (QED) is 0.544. The number of carbonyl (C=O) groups excluding carboxylic acids is 2. The van der Waals surface area contributed by atoms with Gasteiger partial charge in [0, 0.05) is 21.3 Å². The fraction of sp³-hybridized carbons (Fsp3) is 0.200. The van der Waals surface area contributed by atoms with Crippen molar-refractivity contribution in [1.82, 2.24) is 4.90 Å². The first-order valence-corrected chi connectivity index (χ1v) is 10.9. The van der Waals surface area contributed by atoms with E-state index in [2.05, 4.69) is 21.2 Å². The molecule has 1 unspecified atom stereocenters. The van der Waals surface area contributed by atoms with E-state index in [1.54, 1.807) is 29.2 Å². The molecule has 0 fully saturated rings. The molecule has 6 heteroatoms. The Morgan fingerprint density at radius 3 is 2.45 bits per heavy atom. The third kappa shape index (κ3) is 4.64. The highest BCUT2D eigenvalue weighted by Crippen LogP contribution is 2.38. The second-order valence-corrected chi connectivity index (χ2v) is 8.63. The Morgan fingerprint density at radius 1 is 1.06 bits per heavy atom. The van der Waals surface area contributed by atoms with Crippen molar-refractivity contribution in [3.05, 3.63) is 94.0 Å². The van der Waals surface area contributed by atoms with Gasteiger partial charge in [-0.3, -0.25) is 9.59 Å². The van der Waals surface area contributed by atoms with Gasteiger partial charge in [0.1, 0.15) is 12.3 Å². The molecule has 1 N–H and O–H groups in total. The average Bonchev–Trinajstić information content (AvgIpc) is 2.89. The van der Waals surface area contributed by atoms with Crippen molar-refractivity contribution < 1.29 is 14.3 Å². The lowest BCUT2D eigenvalue weighted by atomic mass is 9.95. The Balaban J connectivity index is 1.78. The summed E-state index contributed by atoms with van der Waals surface area (Å²) in [6, 6.07) is 22.1. The summed E-state index contributed by atoms with van der Waals surface area (Å²) in [6.45, 7) is 3.86. The number of ether oxygens (including phenoxy) is 1. The van der Waals surface area contributed by atoms with Crippen LogP contribution >= 0.6 is 15.9 Å². The van der Waals surface area contributed by atoms with Gasteiger partial charge in [0.2, 0.25) is 5.91 Å². The first kappa shape index (κ1) is 21.1. The molecule has 1 aliphatic rings. The second-order valence-electron chi connectivity index (χ2n) is 7.72. The Kier molecular flexibility index (Phi) is 6.09. The van der Waals surface area contributed by atoms with Crippen molar-refractivity contribution in [2.24, 2.45) is 0 Å². The summed E-state index contributed by atoms with van der Waals surface area (Å²) in [7, 11) is 0. The molecule has 1 atom stereocenters. The molecule has 0 aromatic heterocycles. The summed E-state index contributed by atoms with van der Waals surface area (Å²) in [5, 5.41) is 2.94. The van der Waals surface area contributed by atoms with Crippen LogP contribution in [-0.4, -0.2) is 29.4 Å². The molecule has 0 radical (unpaired) electrons. The molecule has 2 amide bonds. The van der Waals surface area contributed by atoms with Crippen LogP contribution in [0.1, 0.15) is 41.4 Å². The Labute approximate surface area is 190 Å². The zero-order valence-corrected chi connectivity index (χ0v) is 18.9. The van der Waals surface area contributed by atoms with E-state index in [0.717, 1.165) is 15.6 Å². The van der Waals surface area contributed by atoms with Crippen molar-refractivity contribution in [3.63, 3.8) is 0 Å². The first-order valence-electron chi connectivity index (χ1n) is 10.1. The zero-order valence-electron chi connectivity index (χ0n) is 17.3. The number of amides is 2. The Hall–Kier alpha value is -3.12. The van der Waals surface area contributed by atoms with Gasteiger partial charge < -0.3 is 15.0 Å². The van der Waals surface area contributed by atoms with Crippen LogP contribution in [0.4, 0.5) is 5.69 Å². The minimum absolute atomic E-state index is 0.0467. The van der Waals surface area contributed by atoms with Gasteiger partial charge in [0.15, 0.2) is 0 Å². The molecule has 3 aromatic carbocycles. The third-order valence-electron chi connectivity index (χ3n) is 5.06. The molecule has 0 saturated heterocycles. The predicted molar refractivity (Wildman–Crippen MR) is 124 cm³/mol. The normalized spacial score (nSPS) is 15.8. The monoisotopic (exact) mass is 478 g/mol. The third-order valence-corrected chi connectivity index (χ3v) is 5.55. The van der Waals surface area contributed by atoms with Crippen LogP contribution in [0.3, 0.4) is 0 Å². The second kappa shape index (κ2) is 8.94. The average molecular weight is 479 g/mol. The topological polar surface area (TPSA) is 58.6 Å². The summed E-state index contributed by atoms with van der Waals surface area (Å²) >= 11 is 3.53. The zero-order chi connectivity index (χ0) is 22.0. The van der Waals surface area contributed by atoms with Gasteiger partial charge in [-0.15, -0.1) is 0 Å². The lowest BCUT2D eigenvalue weighted by Gasteiger charge is -2.31. The summed E-state index contributed by atoms with van der Waals surface area (Å²) < 4.78 is 6.57. The van der Waals surface area contributed by atoms with Crippen LogP contribution in [0.5, 0.6) is 5.75 Å². The molecule has 1 heterocycles. The maximum absolute atomic E-state index is 13.6. The van der Waals surface area contributed by atoms with Gasteiger partial charge in [-0.05, 0) is 61.9 Å². The highest BCUT2D eigenvalue weighted by atomic mass is 79.9. The fourth-order valence-corrected chi connectivity index (χ4v) is 4.15. The first-order chi connectivity index (χ1) is 14.9.